The number of benzene rings is 1. The van der Waals surface area contributed by atoms with Crippen LogP contribution in [-0.4, -0.2) is 12.1 Å². The van der Waals surface area contributed by atoms with Gasteiger partial charge in [0.15, 0.2) is 0 Å². The third-order valence-corrected chi connectivity index (χ3v) is 3.39. The quantitative estimate of drug-likeness (QED) is 0.805. The maximum absolute atomic E-state index is 6.21. The van der Waals surface area contributed by atoms with Crippen LogP contribution < -0.4 is 10.1 Å². The molecular formula is C15H22ClNO. The van der Waals surface area contributed by atoms with E-state index < -0.39 is 0 Å². The van der Waals surface area contributed by atoms with Crippen LogP contribution in [0, 0.1) is 5.92 Å². The molecule has 1 aromatic rings. The third-order valence-electron chi connectivity index (χ3n) is 3.09. The fraction of sp³-hybridized carbons (Fsp3) is 0.600. The van der Waals surface area contributed by atoms with E-state index in [4.69, 9.17) is 16.3 Å². The van der Waals surface area contributed by atoms with Crippen LogP contribution in [0.3, 0.4) is 0 Å². The fourth-order valence-corrected chi connectivity index (χ4v) is 2.36. The molecule has 1 N–H and O–H groups in total. The maximum Gasteiger partial charge on any atom is 0.138 e. The van der Waals surface area contributed by atoms with Crippen LogP contribution in [0.5, 0.6) is 5.75 Å². The van der Waals surface area contributed by atoms with Gasteiger partial charge in [0.05, 0.1) is 11.1 Å². The zero-order chi connectivity index (χ0) is 13.1. The Kier molecular flexibility index (Phi) is 4.39. The number of anilines is 1. The molecule has 0 saturated heterocycles. The van der Waals surface area contributed by atoms with Crippen LogP contribution in [0.4, 0.5) is 5.69 Å². The summed E-state index contributed by atoms with van der Waals surface area (Å²) in [5, 5.41) is 4.17. The Hall–Kier alpha value is -0.890. The first-order chi connectivity index (χ1) is 8.54. The minimum absolute atomic E-state index is 0.148. The summed E-state index contributed by atoms with van der Waals surface area (Å²) in [6.07, 6.45) is 4.19. The lowest BCUT2D eigenvalue weighted by atomic mass is 10.1. The second kappa shape index (κ2) is 5.83. The number of ether oxygens (including phenoxy) is 1. The van der Waals surface area contributed by atoms with E-state index in [1.54, 1.807) is 0 Å². The molecule has 1 fully saturated rings. The van der Waals surface area contributed by atoms with E-state index in [0.29, 0.717) is 11.1 Å². The predicted molar refractivity (Wildman–Crippen MR) is 77.6 cm³/mol. The number of hydrogen-bond acceptors (Lipinski definition) is 2. The monoisotopic (exact) mass is 267 g/mol. The second-order valence-electron chi connectivity index (χ2n) is 5.54. The Morgan fingerprint density at radius 1 is 1.33 bits per heavy atom. The molecular weight excluding hydrogens is 246 g/mol. The minimum Gasteiger partial charge on any atom is -0.489 e. The molecule has 0 amide bonds. The summed E-state index contributed by atoms with van der Waals surface area (Å²) < 4.78 is 5.62. The SMILES string of the molecule is CC(CC1CC1)Nc1ccc(OC(C)C)c(Cl)c1. The van der Waals surface area contributed by atoms with Crippen LogP contribution in [0.15, 0.2) is 18.2 Å². The van der Waals surface area contributed by atoms with E-state index in [0.717, 1.165) is 17.4 Å². The molecule has 18 heavy (non-hydrogen) atoms. The standard InChI is InChI=1S/C15H22ClNO/c1-10(2)18-15-7-6-13(9-14(15)16)17-11(3)8-12-4-5-12/h6-7,9-12,17H,4-5,8H2,1-3H3. The van der Waals surface area contributed by atoms with Crippen LogP contribution in [0.25, 0.3) is 0 Å². The lowest BCUT2D eigenvalue weighted by Crippen LogP contribution is -2.15. The van der Waals surface area contributed by atoms with E-state index >= 15 is 0 Å². The fourth-order valence-electron chi connectivity index (χ4n) is 2.14. The van der Waals surface area contributed by atoms with Gasteiger partial charge in [-0.05, 0) is 51.3 Å². The number of nitrogens with one attached hydrogen (secondary N) is 1. The van der Waals surface area contributed by atoms with Crippen molar-refractivity contribution >= 4 is 17.3 Å². The summed E-state index contributed by atoms with van der Waals surface area (Å²) in [4.78, 5) is 0. The molecule has 2 rings (SSSR count). The molecule has 0 aliphatic heterocycles. The minimum atomic E-state index is 0.148. The lowest BCUT2D eigenvalue weighted by molar-refractivity contribution is 0.242. The van der Waals surface area contributed by atoms with Gasteiger partial charge in [0.1, 0.15) is 5.75 Å². The zero-order valence-electron chi connectivity index (χ0n) is 11.4. The van der Waals surface area contributed by atoms with Gasteiger partial charge in [-0.1, -0.05) is 24.4 Å². The molecule has 1 saturated carbocycles. The van der Waals surface area contributed by atoms with E-state index in [1.165, 1.54) is 19.3 Å². The van der Waals surface area contributed by atoms with Gasteiger partial charge in [0, 0.05) is 11.7 Å². The van der Waals surface area contributed by atoms with Gasteiger partial charge >= 0.3 is 0 Å². The number of halogens is 1. The van der Waals surface area contributed by atoms with Gasteiger partial charge in [0.2, 0.25) is 0 Å². The Morgan fingerprint density at radius 2 is 2.06 bits per heavy atom. The third kappa shape index (κ3) is 4.09. The first-order valence-corrected chi connectivity index (χ1v) is 7.15. The predicted octanol–water partition coefficient (Wildman–Crippen LogP) is 4.73. The maximum atomic E-state index is 6.21. The van der Waals surface area contributed by atoms with Gasteiger partial charge in [-0.2, -0.15) is 0 Å². The van der Waals surface area contributed by atoms with E-state index in [2.05, 4.69) is 12.2 Å². The normalized spacial score (nSPS) is 16.7. The molecule has 100 valence electrons. The van der Waals surface area contributed by atoms with Crippen LogP contribution in [-0.2, 0) is 0 Å². The zero-order valence-corrected chi connectivity index (χ0v) is 12.1. The second-order valence-corrected chi connectivity index (χ2v) is 5.94. The first kappa shape index (κ1) is 13.5. The van der Waals surface area contributed by atoms with Crippen molar-refractivity contribution in [3.63, 3.8) is 0 Å². The number of hydrogen-bond donors (Lipinski definition) is 1. The highest BCUT2D eigenvalue weighted by Gasteiger charge is 2.23. The van der Waals surface area contributed by atoms with Gasteiger partial charge in [0.25, 0.3) is 0 Å². The number of rotatable bonds is 6. The van der Waals surface area contributed by atoms with Gasteiger partial charge in [-0.25, -0.2) is 0 Å². The van der Waals surface area contributed by atoms with Crippen LogP contribution in [0.2, 0.25) is 5.02 Å². The Labute approximate surface area is 115 Å². The molecule has 1 aliphatic carbocycles. The Morgan fingerprint density at radius 3 is 2.61 bits per heavy atom. The van der Waals surface area contributed by atoms with Crippen molar-refractivity contribution in [1.29, 1.82) is 0 Å². The van der Waals surface area contributed by atoms with Crippen molar-refractivity contribution in [3.05, 3.63) is 23.2 Å². The average Bonchev–Trinajstić information content (AvgIpc) is 3.05. The first-order valence-electron chi connectivity index (χ1n) is 6.77. The molecule has 1 atom stereocenters. The molecule has 0 aromatic heterocycles. The van der Waals surface area contributed by atoms with Crippen molar-refractivity contribution in [2.75, 3.05) is 5.32 Å². The van der Waals surface area contributed by atoms with E-state index in [-0.39, 0.29) is 6.10 Å². The van der Waals surface area contributed by atoms with Crippen molar-refractivity contribution in [2.24, 2.45) is 5.92 Å². The molecule has 0 heterocycles. The summed E-state index contributed by atoms with van der Waals surface area (Å²) in [7, 11) is 0. The summed E-state index contributed by atoms with van der Waals surface area (Å²) in [5.74, 6) is 1.69. The summed E-state index contributed by atoms with van der Waals surface area (Å²) in [6, 6.07) is 6.43. The van der Waals surface area contributed by atoms with Gasteiger partial charge in [-0.3, -0.25) is 0 Å². The summed E-state index contributed by atoms with van der Waals surface area (Å²) >= 11 is 6.21. The molecule has 3 heteroatoms. The van der Waals surface area contributed by atoms with E-state index in [1.807, 2.05) is 32.0 Å². The highest BCUT2D eigenvalue weighted by Crippen LogP contribution is 2.34. The highest BCUT2D eigenvalue weighted by molar-refractivity contribution is 6.32. The van der Waals surface area contributed by atoms with Crippen LogP contribution >= 0.6 is 11.6 Å². The van der Waals surface area contributed by atoms with E-state index in [9.17, 15) is 0 Å². The molecule has 1 unspecified atom stereocenters. The average molecular weight is 268 g/mol. The molecule has 1 aromatic carbocycles. The summed E-state index contributed by atoms with van der Waals surface area (Å²) in [6.45, 7) is 6.23. The largest absolute Gasteiger partial charge is 0.489 e. The molecule has 1 aliphatic rings. The van der Waals surface area contributed by atoms with Gasteiger partial charge in [-0.15, -0.1) is 0 Å². The Bertz CT molecular complexity index is 401. The lowest BCUT2D eigenvalue weighted by Gasteiger charge is -2.17. The molecule has 0 spiro atoms. The van der Waals surface area contributed by atoms with Crippen LogP contribution in [0.1, 0.15) is 40.0 Å². The van der Waals surface area contributed by atoms with Crippen molar-refractivity contribution < 1.29 is 4.74 Å². The topological polar surface area (TPSA) is 21.3 Å². The van der Waals surface area contributed by atoms with Crippen molar-refractivity contribution in [2.45, 2.75) is 52.2 Å². The van der Waals surface area contributed by atoms with Gasteiger partial charge < -0.3 is 10.1 Å². The molecule has 2 nitrogen and oxygen atoms in total. The smallest absolute Gasteiger partial charge is 0.138 e. The highest BCUT2D eigenvalue weighted by atomic mass is 35.5. The molecule has 0 bridgehead atoms. The summed E-state index contributed by atoms with van der Waals surface area (Å²) in [5.41, 5.74) is 1.07. The van der Waals surface area contributed by atoms with Crippen molar-refractivity contribution in [1.82, 2.24) is 0 Å². The molecule has 0 radical (unpaired) electrons. The van der Waals surface area contributed by atoms with Crippen molar-refractivity contribution in [3.8, 4) is 5.75 Å². The Balaban J connectivity index is 1.94.